The summed E-state index contributed by atoms with van der Waals surface area (Å²) in [7, 11) is 0. The molecule has 0 fully saturated rings. The first-order valence-electron chi connectivity index (χ1n) is 8.83. The summed E-state index contributed by atoms with van der Waals surface area (Å²) >= 11 is 0. The first-order valence-corrected chi connectivity index (χ1v) is 8.83. The number of nitrogens with two attached hydrogens (primary N) is 1. The molecule has 1 aromatic heterocycles. The molecule has 0 aliphatic carbocycles. The average Bonchev–Trinajstić information content (AvgIpc) is 2.65. The van der Waals surface area contributed by atoms with Gasteiger partial charge in [-0.2, -0.15) is 13.2 Å². The molecule has 0 aliphatic heterocycles. The first kappa shape index (κ1) is 21.2. The maximum Gasteiger partial charge on any atom is 0.416 e. The smallest absolute Gasteiger partial charge is 0.382 e. The van der Waals surface area contributed by atoms with Crippen molar-refractivity contribution in [3.63, 3.8) is 0 Å². The molecule has 148 valence electrons. The Labute approximate surface area is 162 Å². The van der Waals surface area contributed by atoms with Gasteiger partial charge in [0.25, 0.3) is 0 Å². The van der Waals surface area contributed by atoms with E-state index >= 15 is 0 Å². The Bertz CT molecular complexity index is 927. The minimum absolute atomic E-state index is 0.133. The molecule has 0 saturated carbocycles. The summed E-state index contributed by atoms with van der Waals surface area (Å²) in [6.07, 6.45) is 4.25. The highest BCUT2D eigenvalue weighted by Crippen LogP contribution is 2.31. The van der Waals surface area contributed by atoms with Crippen LogP contribution in [0.2, 0.25) is 0 Å². The van der Waals surface area contributed by atoms with E-state index in [0.717, 1.165) is 30.5 Å². The van der Waals surface area contributed by atoms with E-state index in [4.69, 9.17) is 5.73 Å². The standard InChI is InChI=1S/C21H23F3N4/c1-4-7-9-17(26-13-14(6-3)8-5-2)19-20(25)28-16-11-10-15(21(22,23)24)12-18(16)27-19/h5-6,8-12,26H,2-4,7,13H2,1H3,(H2,25,28)/b14-8+,17-9+. The molecule has 0 unspecified atom stereocenters. The third-order valence-electron chi connectivity index (χ3n) is 3.99. The largest absolute Gasteiger partial charge is 0.416 e. The van der Waals surface area contributed by atoms with Crippen LogP contribution in [0.15, 0.2) is 61.2 Å². The number of fused-ring (bicyclic) bond motifs is 1. The number of aromatic nitrogens is 2. The minimum Gasteiger partial charge on any atom is -0.382 e. The zero-order chi connectivity index (χ0) is 20.7. The van der Waals surface area contributed by atoms with Gasteiger partial charge in [0.2, 0.25) is 0 Å². The van der Waals surface area contributed by atoms with E-state index in [1.54, 1.807) is 12.2 Å². The van der Waals surface area contributed by atoms with E-state index in [0.29, 0.717) is 23.5 Å². The molecule has 0 atom stereocenters. The Morgan fingerprint density at radius 3 is 2.57 bits per heavy atom. The van der Waals surface area contributed by atoms with Gasteiger partial charge in [0.15, 0.2) is 5.82 Å². The molecule has 0 radical (unpaired) electrons. The monoisotopic (exact) mass is 388 g/mol. The molecule has 1 heterocycles. The second-order valence-corrected chi connectivity index (χ2v) is 6.10. The maximum atomic E-state index is 13.0. The number of nitrogen functional groups attached to an aromatic ring is 1. The molecule has 1 aromatic carbocycles. The Morgan fingerprint density at radius 2 is 1.96 bits per heavy atom. The number of hydrogen-bond donors (Lipinski definition) is 2. The van der Waals surface area contributed by atoms with Gasteiger partial charge >= 0.3 is 6.18 Å². The molecule has 4 nitrogen and oxygen atoms in total. The molecule has 2 aromatic rings. The quantitative estimate of drug-likeness (QED) is 0.606. The van der Waals surface area contributed by atoms with Crippen LogP contribution >= 0.6 is 0 Å². The predicted octanol–water partition coefficient (Wildman–Crippen LogP) is 5.26. The van der Waals surface area contributed by atoms with Gasteiger partial charge in [-0.25, -0.2) is 9.97 Å². The van der Waals surface area contributed by atoms with Crippen molar-refractivity contribution in [2.24, 2.45) is 0 Å². The average molecular weight is 388 g/mol. The zero-order valence-electron chi connectivity index (χ0n) is 15.7. The summed E-state index contributed by atoms with van der Waals surface area (Å²) in [5.41, 5.74) is 7.54. The van der Waals surface area contributed by atoms with Crippen molar-refractivity contribution in [3.05, 3.63) is 72.5 Å². The minimum atomic E-state index is -4.45. The number of allylic oxidation sites excluding steroid dienone is 3. The van der Waals surface area contributed by atoms with Gasteiger partial charge in [-0.05, 0) is 30.2 Å². The molecule has 7 heteroatoms. The van der Waals surface area contributed by atoms with Gasteiger partial charge in [0, 0.05) is 6.54 Å². The fourth-order valence-corrected chi connectivity index (χ4v) is 2.53. The van der Waals surface area contributed by atoms with Gasteiger partial charge in [0.05, 0.1) is 22.3 Å². The lowest BCUT2D eigenvalue weighted by Gasteiger charge is -2.14. The molecule has 0 aliphatic rings. The van der Waals surface area contributed by atoms with Crippen LogP contribution in [-0.2, 0) is 6.18 Å². The molecule has 0 amide bonds. The molecular weight excluding hydrogens is 365 g/mol. The Morgan fingerprint density at radius 1 is 1.21 bits per heavy atom. The Kier molecular flexibility index (Phi) is 6.98. The van der Waals surface area contributed by atoms with Gasteiger partial charge in [-0.1, -0.05) is 50.8 Å². The normalized spacial score (nSPS) is 12.9. The van der Waals surface area contributed by atoms with Gasteiger partial charge in [0.1, 0.15) is 5.69 Å². The molecule has 3 N–H and O–H groups in total. The first-order chi connectivity index (χ1) is 13.3. The van der Waals surface area contributed by atoms with Crippen LogP contribution in [0.3, 0.4) is 0 Å². The van der Waals surface area contributed by atoms with Crippen LogP contribution in [0, 0.1) is 0 Å². The third kappa shape index (κ3) is 5.22. The molecule has 0 bridgehead atoms. The van der Waals surface area contributed by atoms with Crippen molar-refractivity contribution in [2.75, 3.05) is 12.3 Å². The van der Waals surface area contributed by atoms with Crippen molar-refractivity contribution in [1.29, 1.82) is 0 Å². The molecule has 0 saturated heterocycles. The number of unbranched alkanes of at least 4 members (excludes halogenated alkanes) is 1. The lowest BCUT2D eigenvalue weighted by atomic mass is 10.1. The number of benzene rings is 1. The van der Waals surface area contributed by atoms with Crippen molar-refractivity contribution < 1.29 is 13.2 Å². The van der Waals surface area contributed by atoms with Crippen molar-refractivity contribution in [3.8, 4) is 0 Å². The van der Waals surface area contributed by atoms with Crippen LogP contribution in [0.1, 0.15) is 31.0 Å². The highest BCUT2D eigenvalue weighted by molar-refractivity contribution is 5.81. The van der Waals surface area contributed by atoms with Crippen LogP contribution < -0.4 is 11.1 Å². The summed E-state index contributed by atoms with van der Waals surface area (Å²) in [5, 5.41) is 3.23. The van der Waals surface area contributed by atoms with Crippen LogP contribution in [-0.4, -0.2) is 16.5 Å². The third-order valence-corrected chi connectivity index (χ3v) is 3.99. The van der Waals surface area contributed by atoms with E-state index in [1.165, 1.54) is 6.07 Å². The van der Waals surface area contributed by atoms with Crippen molar-refractivity contribution >= 4 is 22.5 Å². The van der Waals surface area contributed by atoms with E-state index < -0.39 is 11.7 Å². The number of nitrogens with zero attached hydrogens (tertiary/aromatic N) is 2. The lowest BCUT2D eigenvalue weighted by Crippen LogP contribution is -2.18. The van der Waals surface area contributed by atoms with Crippen LogP contribution in [0.4, 0.5) is 19.0 Å². The fourth-order valence-electron chi connectivity index (χ4n) is 2.53. The number of rotatable bonds is 8. The Hall–Kier alpha value is -3.09. The SMILES string of the molecule is C=C/C=C(\C=C)CN/C(=C/CCC)c1nc2cc(C(F)(F)F)ccc2nc1N. The lowest BCUT2D eigenvalue weighted by molar-refractivity contribution is -0.137. The van der Waals surface area contributed by atoms with Gasteiger partial charge in [-0.3, -0.25) is 0 Å². The molecule has 0 spiro atoms. The van der Waals surface area contributed by atoms with Crippen molar-refractivity contribution in [1.82, 2.24) is 15.3 Å². The van der Waals surface area contributed by atoms with E-state index in [1.807, 2.05) is 19.1 Å². The van der Waals surface area contributed by atoms with Crippen LogP contribution in [0.5, 0.6) is 0 Å². The van der Waals surface area contributed by atoms with Crippen molar-refractivity contribution in [2.45, 2.75) is 25.9 Å². The predicted molar refractivity (Wildman–Crippen MR) is 108 cm³/mol. The van der Waals surface area contributed by atoms with Gasteiger partial charge in [-0.15, -0.1) is 0 Å². The highest BCUT2D eigenvalue weighted by atomic mass is 19.4. The molecule has 2 rings (SSSR count). The molecular formula is C21H23F3N4. The highest BCUT2D eigenvalue weighted by Gasteiger charge is 2.30. The summed E-state index contributed by atoms with van der Waals surface area (Å²) in [4.78, 5) is 8.60. The summed E-state index contributed by atoms with van der Waals surface area (Å²) in [5.74, 6) is 0.148. The molecule has 28 heavy (non-hydrogen) atoms. The van der Waals surface area contributed by atoms with Crippen LogP contribution in [0.25, 0.3) is 16.7 Å². The number of alkyl halides is 3. The maximum absolute atomic E-state index is 13.0. The zero-order valence-corrected chi connectivity index (χ0v) is 15.7. The fraction of sp³-hybridized carbons (Fsp3) is 0.238. The van der Waals surface area contributed by atoms with E-state index in [-0.39, 0.29) is 11.3 Å². The van der Waals surface area contributed by atoms with Gasteiger partial charge < -0.3 is 11.1 Å². The second kappa shape index (κ2) is 9.21. The Balaban J connectivity index is 2.48. The number of hydrogen-bond acceptors (Lipinski definition) is 4. The second-order valence-electron chi connectivity index (χ2n) is 6.10. The van der Waals surface area contributed by atoms with E-state index in [9.17, 15) is 13.2 Å². The number of anilines is 1. The number of nitrogens with one attached hydrogen (secondary N) is 1. The summed E-state index contributed by atoms with van der Waals surface area (Å²) in [6, 6.07) is 3.23. The topological polar surface area (TPSA) is 63.8 Å². The summed E-state index contributed by atoms with van der Waals surface area (Å²) < 4.78 is 39.1. The number of halogens is 3. The van der Waals surface area contributed by atoms with E-state index in [2.05, 4.69) is 28.4 Å². The summed E-state index contributed by atoms with van der Waals surface area (Å²) in [6.45, 7) is 9.86.